The van der Waals surface area contributed by atoms with E-state index >= 15 is 0 Å². The van der Waals surface area contributed by atoms with Gasteiger partial charge in [-0.3, -0.25) is 9.69 Å². The minimum atomic E-state index is -0.00600. The van der Waals surface area contributed by atoms with Gasteiger partial charge in [-0.2, -0.15) is 0 Å². The molecule has 2 saturated carbocycles. The van der Waals surface area contributed by atoms with Gasteiger partial charge in [0.05, 0.1) is 11.6 Å². The van der Waals surface area contributed by atoms with E-state index in [1.54, 1.807) is 0 Å². The first-order valence-electron chi connectivity index (χ1n) is 13.9. The molecule has 186 valence electrons. The third kappa shape index (κ3) is 4.82. The van der Waals surface area contributed by atoms with Crippen molar-refractivity contribution in [2.45, 2.75) is 69.7 Å². The monoisotopic (exact) mass is 473 g/mol. The minimum Gasteiger partial charge on any atom is -0.341 e. The van der Waals surface area contributed by atoms with E-state index in [4.69, 9.17) is 9.97 Å². The molecular formula is C29H39N5O. The Morgan fingerprint density at radius 1 is 0.857 bits per heavy atom. The maximum Gasteiger partial charge on any atom is 0.230 e. The molecule has 2 aliphatic heterocycles. The van der Waals surface area contributed by atoms with Crippen LogP contribution < -0.4 is 4.90 Å². The number of aromatic nitrogens is 2. The summed E-state index contributed by atoms with van der Waals surface area (Å²) < 4.78 is 0. The van der Waals surface area contributed by atoms with Crippen LogP contribution in [0.4, 0.5) is 5.95 Å². The number of rotatable bonds is 5. The van der Waals surface area contributed by atoms with Crippen LogP contribution in [0.1, 0.15) is 67.7 Å². The molecule has 35 heavy (non-hydrogen) atoms. The lowest BCUT2D eigenvalue weighted by Crippen LogP contribution is -2.52. The largest absolute Gasteiger partial charge is 0.341 e. The zero-order chi connectivity index (χ0) is 23.6. The Kier molecular flexibility index (Phi) is 6.73. The van der Waals surface area contributed by atoms with Crippen molar-refractivity contribution >= 4 is 11.9 Å². The van der Waals surface area contributed by atoms with E-state index in [0.29, 0.717) is 11.8 Å². The molecule has 1 aromatic carbocycles. The van der Waals surface area contributed by atoms with Gasteiger partial charge in [-0.05, 0) is 49.1 Å². The second kappa shape index (κ2) is 10.3. The van der Waals surface area contributed by atoms with Crippen molar-refractivity contribution < 1.29 is 4.79 Å². The minimum absolute atomic E-state index is 0.00600. The van der Waals surface area contributed by atoms with Crippen LogP contribution in [0.2, 0.25) is 0 Å². The van der Waals surface area contributed by atoms with Crippen molar-refractivity contribution in [3.05, 3.63) is 53.3 Å². The third-order valence-electron chi connectivity index (χ3n) is 9.01. The van der Waals surface area contributed by atoms with E-state index in [2.05, 4.69) is 39.0 Å². The molecular weight excluding hydrogens is 434 g/mol. The van der Waals surface area contributed by atoms with Crippen LogP contribution in [0.15, 0.2) is 36.5 Å². The van der Waals surface area contributed by atoms with Crippen LogP contribution in [0, 0.1) is 5.92 Å². The van der Waals surface area contributed by atoms with Gasteiger partial charge < -0.3 is 9.80 Å². The van der Waals surface area contributed by atoms with Crippen molar-refractivity contribution in [3.8, 4) is 0 Å². The van der Waals surface area contributed by atoms with Crippen molar-refractivity contribution in [2.24, 2.45) is 5.92 Å². The van der Waals surface area contributed by atoms with Gasteiger partial charge in [0.2, 0.25) is 11.9 Å². The van der Waals surface area contributed by atoms with Crippen molar-refractivity contribution in [2.75, 3.05) is 44.2 Å². The summed E-state index contributed by atoms with van der Waals surface area (Å²) in [4.78, 5) is 30.8. The molecule has 3 fully saturated rings. The first-order chi connectivity index (χ1) is 17.3. The summed E-state index contributed by atoms with van der Waals surface area (Å²) in [5, 5.41) is 0. The van der Waals surface area contributed by atoms with Gasteiger partial charge in [-0.1, -0.05) is 49.6 Å². The third-order valence-corrected chi connectivity index (χ3v) is 9.01. The Labute approximate surface area is 209 Å². The van der Waals surface area contributed by atoms with Crippen LogP contribution in [-0.4, -0.2) is 71.0 Å². The molecule has 1 aromatic heterocycles. The van der Waals surface area contributed by atoms with E-state index in [-0.39, 0.29) is 5.92 Å². The zero-order valence-corrected chi connectivity index (χ0v) is 20.9. The predicted molar refractivity (Wildman–Crippen MR) is 139 cm³/mol. The Hall–Kier alpha value is -2.47. The summed E-state index contributed by atoms with van der Waals surface area (Å²) in [5.74, 6) is 1.66. The first kappa shape index (κ1) is 23.0. The lowest BCUT2D eigenvalue weighted by atomic mass is 9.83. The molecule has 1 unspecified atom stereocenters. The fraction of sp³-hybridized carbons (Fsp3) is 0.621. The molecule has 0 bridgehead atoms. The van der Waals surface area contributed by atoms with Crippen molar-refractivity contribution in [1.82, 2.24) is 19.8 Å². The second-order valence-corrected chi connectivity index (χ2v) is 11.0. The number of amides is 1. The normalized spacial score (nSPS) is 23.0. The summed E-state index contributed by atoms with van der Waals surface area (Å²) in [7, 11) is 0. The lowest BCUT2D eigenvalue weighted by Gasteiger charge is -2.43. The number of anilines is 1. The second-order valence-electron chi connectivity index (χ2n) is 11.0. The molecule has 0 spiro atoms. The topological polar surface area (TPSA) is 52.6 Å². The van der Waals surface area contributed by atoms with Crippen LogP contribution in [-0.2, 0) is 17.6 Å². The lowest BCUT2D eigenvalue weighted by molar-refractivity contribution is -0.134. The quantitative estimate of drug-likeness (QED) is 0.656. The molecule has 1 amide bonds. The van der Waals surface area contributed by atoms with E-state index in [1.807, 2.05) is 12.3 Å². The van der Waals surface area contributed by atoms with E-state index in [9.17, 15) is 4.79 Å². The summed E-state index contributed by atoms with van der Waals surface area (Å²) >= 11 is 0. The van der Waals surface area contributed by atoms with Gasteiger partial charge in [0.1, 0.15) is 0 Å². The molecule has 2 aromatic rings. The van der Waals surface area contributed by atoms with Crippen molar-refractivity contribution in [3.63, 3.8) is 0 Å². The Balaban J connectivity index is 1.13. The van der Waals surface area contributed by atoms with Gasteiger partial charge in [0.15, 0.2) is 0 Å². The van der Waals surface area contributed by atoms with Crippen LogP contribution in [0.25, 0.3) is 0 Å². The molecule has 3 heterocycles. The maximum atomic E-state index is 13.9. The zero-order valence-electron chi connectivity index (χ0n) is 20.9. The molecule has 0 N–H and O–H groups in total. The summed E-state index contributed by atoms with van der Waals surface area (Å²) in [6.45, 7) is 5.80. The van der Waals surface area contributed by atoms with Crippen LogP contribution >= 0.6 is 0 Å². The van der Waals surface area contributed by atoms with Crippen LogP contribution in [0.5, 0.6) is 0 Å². The SMILES string of the molecule is O=C(C(c1ccccc1)C1CCCC1)N1CCc2cnc(N3CCN(C4CCC4)CC3)nc2CC1. The van der Waals surface area contributed by atoms with Gasteiger partial charge in [0, 0.05) is 57.9 Å². The molecule has 4 aliphatic rings. The number of carbonyl (C=O) groups excluding carboxylic acids is 1. The van der Waals surface area contributed by atoms with Gasteiger partial charge in [0.25, 0.3) is 0 Å². The predicted octanol–water partition coefficient (Wildman–Crippen LogP) is 4.05. The Bertz CT molecular complexity index is 1010. The summed E-state index contributed by atoms with van der Waals surface area (Å²) in [6, 6.07) is 11.3. The number of benzene rings is 1. The first-order valence-corrected chi connectivity index (χ1v) is 13.9. The van der Waals surface area contributed by atoms with Crippen molar-refractivity contribution in [1.29, 1.82) is 0 Å². The van der Waals surface area contributed by atoms with E-state index in [0.717, 1.165) is 69.8 Å². The molecule has 0 radical (unpaired) electrons. The summed E-state index contributed by atoms with van der Waals surface area (Å²) in [6.07, 6.45) is 12.7. The molecule has 6 heteroatoms. The number of carbonyl (C=O) groups is 1. The highest BCUT2D eigenvalue weighted by Crippen LogP contribution is 2.39. The smallest absolute Gasteiger partial charge is 0.230 e. The highest BCUT2D eigenvalue weighted by atomic mass is 16.2. The number of piperazine rings is 1. The molecule has 1 saturated heterocycles. The number of hydrogen-bond donors (Lipinski definition) is 0. The van der Waals surface area contributed by atoms with E-state index in [1.165, 1.54) is 56.1 Å². The number of fused-ring (bicyclic) bond motifs is 1. The molecule has 2 aliphatic carbocycles. The molecule has 6 nitrogen and oxygen atoms in total. The number of nitrogens with zero attached hydrogens (tertiary/aromatic N) is 5. The molecule has 6 rings (SSSR count). The number of hydrogen-bond acceptors (Lipinski definition) is 5. The van der Waals surface area contributed by atoms with Crippen LogP contribution in [0.3, 0.4) is 0 Å². The fourth-order valence-corrected chi connectivity index (χ4v) is 6.64. The standard InChI is InChI=1S/C29H39N5O/c35-28(27(23-9-4-5-10-23)22-7-2-1-3-8-22)33-15-13-24-21-30-29(31-26(24)14-16-33)34-19-17-32(18-20-34)25-11-6-12-25/h1-3,7-8,21,23,25,27H,4-6,9-20H2. The highest BCUT2D eigenvalue weighted by Gasteiger charge is 2.35. The van der Waals surface area contributed by atoms with Gasteiger partial charge in [-0.15, -0.1) is 0 Å². The van der Waals surface area contributed by atoms with E-state index < -0.39 is 0 Å². The highest BCUT2D eigenvalue weighted by molar-refractivity contribution is 5.84. The average molecular weight is 474 g/mol. The molecule has 1 atom stereocenters. The summed E-state index contributed by atoms with van der Waals surface area (Å²) in [5.41, 5.74) is 3.55. The average Bonchev–Trinajstić information content (AvgIpc) is 3.30. The fourth-order valence-electron chi connectivity index (χ4n) is 6.64. The Morgan fingerprint density at radius 2 is 1.60 bits per heavy atom. The Morgan fingerprint density at radius 3 is 2.31 bits per heavy atom. The van der Waals surface area contributed by atoms with Gasteiger partial charge >= 0.3 is 0 Å². The van der Waals surface area contributed by atoms with Gasteiger partial charge in [-0.25, -0.2) is 9.97 Å². The maximum absolute atomic E-state index is 13.9.